The van der Waals surface area contributed by atoms with E-state index in [0.29, 0.717) is 29.2 Å². The van der Waals surface area contributed by atoms with E-state index in [9.17, 15) is 14.4 Å². The second-order valence-electron chi connectivity index (χ2n) is 8.48. The van der Waals surface area contributed by atoms with Crippen LogP contribution in [0, 0.1) is 0 Å². The van der Waals surface area contributed by atoms with Gasteiger partial charge < -0.3 is 19.5 Å². The summed E-state index contributed by atoms with van der Waals surface area (Å²) in [6, 6.07) is 5.65. The number of fused-ring (bicyclic) bond motifs is 1. The Morgan fingerprint density at radius 1 is 1.19 bits per heavy atom. The molecule has 172 valence electrons. The zero-order chi connectivity index (χ0) is 23.6. The largest absolute Gasteiger partial charge is 0.483 e. The van der Waals surface area contributed by atoms with Crippen LogP contribution in [0.25, 0.3) is 0 Å². The Balaban J connectivity index is 1.81. The van der Waals surface area contributed by atoms with Crippen LogP contribution in [0.2, 0.25) is 0 Å². The van der Waals surface area contributed by atoms with E-state index in [1.165, 1.54) is 25.6 Å². The van der Waals surface area contributed by atoms with Crippen molar-refractivity contribution in [3.8, 4) is 5.75 Å². The molecule has 1 aromatic carbocycles. The van der Waals surface area contributed by atoms with Crippen LogP contribution < -0.4 is 10.1 Å². The summed E-state index contributed by atoms with van der Waals surface area (Å²) in [6.07, 6.45) is 1.19. The number of nitrogens with one attached hydrogen (secondary N) is 1. The Morgan fingerprint density at radius 3 is 2.53 bits per heavy atom. The number of halogens is 1. The molecule has 1 amide bonds. The Morgan fingerprint density at radius 2 is 1.91 bits per heavy atom. The molecule has 7 nitrogen and oxygen atoms in total. The predicted molar refractivity (Wildman–Crippen MR) is 126 cm³/mol. The van der Waals surface area contributed by atoms with Crippen molar-refractivity contribution in [2.45, 2.75) is 44.9 Å². The van der Waals surface area contributed by atoms with Crippen molar-refractivity contribution >= 4 is 50.1 Å². The molecule has 32 heavy (non-hydrogen) atoms. The maximum absolute atomic E-state index is 12.7. The third-order valence-corrected chi connectivity index (χ3v) is 6.94. The first kappa shape index (κ1) is 24.3. The Hall–Kier alpha value is -2.39. The smallest absolute Gasteiger partial charge is 0.341 e. The topological polar surface area (TPSA) is 90.9 Å². The summed E-state index contributed by atoms with van der Waals surface area (Å²) < 4.78 is 16.6. The van der Waals surface area contributed by atoms with Crippen LogP contribution in [-0.2, 0) is 30.9 Å². The van der Waals surface area contributed by atoms with Crippen molar-refractivity contribution in [3.05, 3.63) is 44.2 Å². The number of thiophene rings is 1. The van der Waals surface area contributed by atoms with E-state index in [4.69, 9.17) is 14.2 Å². The van der Waals surface area contributed by atoms with E-state index in [-0.39, 0.29) is 17.6 Å². The van der Waals surface area contributed by atoms with Crippen LogP contribution in [0.1, 0.15) is 59.5 Å². The molecule has 0 fully saturated rings. The van der Waals surface area contributed by atoms with E-state index in [1.807, 2.05) is 18.2 Å². The van der Waals surface area contributed by atoms with Crippen LogP contribution >= 0.6 is 27.3 Å². The van der Waals surface area contributed by atoms with E-state index in [1.54, 1.807) is 0 Å². The van der Waals surface area contributed by atoms with Crippen molar-refractivity contribution < 1.29 is 28.6 Å². The number of anilines is 1. The molecular weight excluding hydrogens is 498 g/mol. The highest BCUT2D eigenvalue weighted by atomic mass is 79.9. The Kier molecular flexibility index (Phi) is 7.29. The second kappa shape index (κ2) is 9.62. The fourth-order valence-corrected chi connectivity index (χ4v) is 5.40. The number of amides is 1. The van der Waals surface area contributed by atoms with Gasteiger partial charge in [0.2, 0.25) is 0 Å². The molecule has 0 saturated carbocycles. The number of rotatable bonds is 6. The number of carbonyl (C=O) groups is 3. The molecular formula is C23H26BrNO6S. The maximum Gasteiger partial charge on any atom is 0.341 e. The molecule has 1 aromatic heterocycles. The molecule has 9 heteroatoms. The number of aryl methyl sites for hydroxylation is 1. The monoisotopic (exact) mass is 523 g/mol. The third-order valence-electron chi connectivity index (χ3n) is 5.27. The van der Waals surface area contributed by atoms with E-state index in [0.717, 1.165) is 14.9 Å². The standard InChI is InChI=1S/C23H26BrNO6S/c1-23(2,3)14-10-12(24)6-8-15(14)31-11-17(26)25-20-19(22(28)30-5)18-13(21(27)29-4)7-9-16(18)32-20/h6,8,10,13H,7,9,11H2,1-5H3,(H,25,26). The van der Waals surface area contributed by atoms with Gasteiger partial charge in [0.15, 0.2) is 6.61 Å². The molecule has 1 heterocycles. The number of ether oxygens (including phenoxy) is 3. The number of hydrogen-bond donors (Lipinski definition) is 1. The first-order chi connectivity index (χ1) is 15.1. The molecule has 0 radical (unpaired) electrons. The van der Waals surface area contributed by atoms with Gasteiger partial charge in [0, 0.05) is 14.9 Å². The molecule has 0 saturated heterocycles. The number of carbonyl (C=O) groups excluding carboxylic acids is 3. The first-order valence-electron chi connectivity index (χ1n) is 10.1. The SMILES string of the molecule is COC(=O)c1c(NC(=O)COc2ccc(Br)cc2C(C)(C)C)sc2c1C(C(=O)OC)CC2. The van der Waals surface area contributed by atoms with Gasteiger partial charge >= 0.3 is 11.9 Å². The van der Waals surface area contributed by atoms with Crippen LogP contribution in [0.4, 0.5) is 5.00 Å². The van der Waals surface area contributed by atoms with Gasteiger partial charge in [-0.15, -0.1) is 11.3 Å². The fraction of sp³-hybridized carbons (Fsp3) is 0.435. The average Bonchev–Trinajstić information content (AvgIpc) is 3.29. The van der Waals surface area contributed by atoms with Gasteiger partial charge in [0.05, 0.1) is 25.7 Å². The molecule has 1 aliphatic carbocycles. The maximum atomic E-state index is 12.7. The normalized spacial score (nSPS) is 15.1. The fourth-order valence-electron chi connectivity index (χ4n) is 3.76. The zero-order valence-corrected chi connectivity index (χ0v) is 21.1. The average molecular weight is 524 g/mol. The highest BCUT2D eigenvalue weighted by molar-refractivity contribution is 9.10. The van der Waals surface area contributed by atoms with Crippen LogP contribution in [0.15, 0.2) is 22.7 Å². The molecule has 1 atom stereocenters. The van der Waals surface area contributed by atoms with Gasteiger partial charge in [-0.05, 0) is 42.0 Å². The van der Waals surface area contributed by atoms with Crippen molar-refractivity contribution in [2.75, 3.05) is 26.1 Å². The number of benzene rings is 1. The van der Waals surface area contributed by atoms with E-state index < -0.39 is 23.8 Å². The third kappa shape index (κ3) is 4.99. The van der Waals surface area contributed by atoms with Crippen molar-refractivity contribution in [1.29, 1.82) is 0 Å². The predicted octanol–water partition coefficient (Wildman–Crippen LogP) is 4.82. The van der Waals surface area contributed by atoms with Gasteiger partial charge in [-0.3, -0.25) is 9.59 Å². The van der Waals surface area contributed by atoms with Crippen molar-refractivity contribution in [2.24, 2.45) is 0 Å². The Bertz CT molecular complexity index is 1060. The molecule has 1 aliphatic rings. The van der Waals surface area contributed by atoms with Crippen LogP contribution in [-0.4, -0.2) is 38.7 Å². The van der Waals surface area contributed by atoms with Crippen LogP contribution in [0.5, 0.6) is 5.75 Å². The summed E-state index contributed by atoms with van der Waals surface area (Å²) >= 11 is 4.75. The highest BCUT2D eigenvalue weighted by Crippen LogP contribution is 2.46. The molecule has 0 spiro atoms. The lowest BCUT2D eigenvalue weighted by atomic mass is 9.86. The summed E-state index contributed by atoms with van der Waals surface area (Å²) in [5.41, 5.74) is 1.59. The van der Waals surface area contributed by atoms with Gasteiger partial charge in [0.1, 0.15) is 10.8 Å². The number of esters is 2. The van der Waals surface area contributed by atoms with Crippen LogP contribution in [0.3, 0.4) is 0 Å². The van der Waals surface area contributed by atoms with Gasteiger partial charge in [-0.2, -0.15) is 0 Å². The summed E-state index contributed by atoms with van der Waals surface area (Å²) in [6.45, 7) is 5.97. The molecule has 1 unspecified atom stereocenters. The minimum absolute atomic E-state index is 0.175. The summed E-state index contributed by atoms with van der Waals surface area (Å²) in [5.74, 6) is -1.34. The summed E-state index contributed by atoms with van der Waals surface area (Å²) in [5, 5.41) is 3.12. The second-order valence-corrected chi connectivity index (χ2v) is 10.5. The quantitative estimate of drug-likeness (QED) is 0.546. The van der Waals surface area contributed by atoms with Gasteiger partial charge in [-0.1, -0.05) is 36.7 Å². The molecule has 1 N–H and O–H groups in total. The lowest BCUT2D eigenvalue weighted by Gasteiger charge is -2.23. The zero-order valence-electron chi connectivity index (χ0n) is 18.7. The van der Waals surface area contributed by atoms with Gasteiger partial charge in [0.25, 0.3) is 5.91 Å². The van der Waals surface area contributed by atoms with E-state index in [2.05, 4.69) is 42.0 Å². The minimum Gasteiger partial charge on any atom is -0.483 e. The summed E-state index contributed by atoms with van der Waals surface area (Å²) in [4.78, 5) is 38.3. The first-order valence-corrected chi connectivity index (χ1v) is 11.7. The Labute approximate surface area is 199 Å². The number of hydrogen-bond acceptors (Lipinski definition) is 7. The lowest BCUT2D eigenvalue weighted by molar-refractivity contribution is -0.142. The molecule has 0 bridgehead atoms. The lowest BCUT2D eigenvalue weighted by Crippen LogP contribution is -2.23. The minimum atomic E-state index is -0.600. The van der Waals surface area contributed by atoms with Crippen molar-refractivity contribution in [1.82, 2.24) is 0 Å². The summed E-state index contributed by atoms with van der Waals surface area (Å²) in [7, 11) is 2.59. The molecule has 2 aromatic rings. The van der Waals surface area contributed by atoms with Crippen molar-refractivity contribution in [3.63, 3.8) is 0 Å². The highest BCUT2D eigenvalue weighted by Gasteiger charge is 2.38. The van der Waals surface area contributed by atoms with Gasteiger partial charge in [-0.25, -0.2) is 4.79 Å². The molecule has 0 aliphatic heterocycles. The number of methoxy groups -OCH3 is 2. The van der Waals surface area contributed by atoms with E-state index >= 15 is 0 Å². The molecule has 3 rings (SSSR count).